The summed E-state index contributed by atoms with van der Waals surface area (Å²) in [5.41, 5.74) is 0.312. The molecular weight excluding hydrogens is 290 g/mol. The van der Waals surface area contributed by atoms with Crippen LogP contribution in [0.15, 0.2) is 12.1 Å². The smallest absolute Gasteiger partial charge is 0.274 e. The maximum Gasteiger partial charge on any atom is 0.274 e. The molecule has 1 unspecified atom stereocenters. The average molecular weight is 312 g/mol. The fraction of sp³-hybridized carbons (Fsp3) is 0.600. The van der Waals surface area contributed by atoms with Gasteiger partial charge in [-0.1, -0.05) is 11.6 Å². The molecular formula is C15H22ClN3O2. The normalized spacial score (nSPS) is 18.6. The zero-order valence-corrected chi connectivity index (χ0v) is 13.3. The molecule has 0 aliphatic carbocycles. The van der Waals surface area contributed by atoms with Crippen molar-refractivity contribution in [3.8, 4) is 0 Å². The summed E-state index contributed by atoms with van der Waals surface area (Å²) >= 11 is 6.14. The van der Waals surface area contributed by atoms with Crippen LogP contribution in [0.2, 0.25) is 5.02 Å². The number of amides is 1. The summed E-state index contributed by atoms with van der Waals surface area (Å²) < 4.78 is 5.63. The summed E-state index contributed by atoms with van der Waals surface area (Å²) in [6.07, 6.45) is 2.06. The van der Waals surface area contributed by atoms with Gasteiger partial charge in [0.1, 0.15) is 11.5 Å². The van der Waals surface area contributed by atoms with E-state index in [1.807, 2.05) is 13.8 Å². The van der Waals surface area contributed by atoms with Gasteiger partial charge in [-0.05, 0) is 38.8 Å². The largest absolute Gasteiger partial charge is 0.377 e. The second-order valence-electron chi connectivity index (χ2n) is 5.03. The second-order valence-corrected chi connectivity index (χ2v) is 5.44. The molecule has 0 saturated carbocycles. The number of nitrogens with zero attached hydrogens (tertiary/aromatic N) is 2. The lowest BCUT2D eigenvalue weighted by Crippen LogP contribution is -2.43. The molecule has 1 aromatic rings. The number of piperidine rings is 1. The number of ether oxygens (including phenoxy) is 1. The Morgan fingerprint density at radius 1 is 1.52 bits per heavy atom. The topological polar surface area (TPSA) is 54.5 Å². The first-order valence-electron chi connectivity index (χ1n) is 7.47. The van der Waals surface area contributed by atoms with E-state index in [4.69, 9.17) is 16.3 Å². The Hall–Kier alpha value is -1.33. The number of pyridine rings is 1. The molecule has 1 aliphatic rings. The van der Waals surface area contributed by atoms with Crippen LogP contribution in [-0.4, -0.2) is 48.1 Å². The molecule has 0 bridgehead atoms. The number of hydrogen-bond acceptors (Lipinski definition) is 4. The highest BCUT2D eigenvalue weighted by Gasteiger charge is 2.27. The van der Waals surface area contributed by atoms with Crippen molar-refractivity contribution >= 4 is 23.3 Å². The monoisotopic (exact) mass is 311 g/mol. The number of rotatable bonds is 5. The van der Waals surface area contributed by atoms with Gasteiger partial charge in [-0.3, -0.25) is 4.79 Å². The molecule has 1 aromatic heterocycles. The van der Waals surface area contributed by atoms with Gasteiger partial charge in [-0.25, -0.2) is 4.98 Å². The number of carbonyl (C=O) groups is 1. The van der Waals surface area contributed by atoms with Crippen molar-refractivity contribution in [2.45, 2.75) is 32.8 Å². The van der Waals surface area contributed by atoms with E-state index in [0.717, 1.165) is 25.9 Å². The third kappa shape index (κ3) is 4.08. The Bertz CT molecular complexity index is 494. The number of nitrogens with one attached hydrogen (secondary N) is 1. The van der Waals surface area contributed by atoms with Crippen molar-refractivity contribution in [2.75, 3.05) is 31.6 Å². The first-order valence-corrected chi connectivity index (χ1v) is 7.84. The molecule has 1 N–H and O–H groups in total. The Labute approximate surface area is 130 Å². The third-order valence-corrected chi connectivity index (χ3v) is 3.78. The van der Waals surface area contributed by atoms with Crippen LogP contribution in [0.4, 0.5) is 5.82 Å². The minimum absolute atomic E-state index is 0.114. The Kier molecular flexibility index (Phi) is 5.82. The molecule has 0 radical (unpaired) electrons. The summed E-state index contributed by atoms with van der Waals surface area (Å²) in [5, 5.41) is 3.49. The van der Waals surface area contributed by atoms with Crippen molar-refractivity contribution in [1.29, 1.82) is 0 Å². The number of likely N-dealkylation sites (tertiary alicyclic amines) is 1. The van der Waals surface area contributed by atoms with Gasteiger partial charge >= 0.3 is 0 Å². The SMILES string of the molecule is CCNc1ccc(Cl)c(C(=O)N2CCCC(OCC)C2)n1. The Morgan fingerprint density at radius 3 is 3.05 bits per heavy atom. The molecule has 2 rings (SSSR count). The standard InChI is InChI=1S/C15H22ClN3O2/c1-3-17-13-8-7-12(16)14(18-13)15(20)19-9-5-6-11(10-19)21-4-2/h7-8,11H,3-6,9-10H2,1-2H3,(H,17,18). The Balaban J connectivity index is 2.13. The molecule has 1 atom stereocenters. The van der Waals surface area contributed by atoms with Gasteiger partial charge in [-0.2, -0.15) is 0 Å². The summed E-state index contributed by atoms with van der Waals surface area (Å²) in [7, 11) is 0. The molecule has 1 saturated heterocycles. The number of hydrogen-bond donors (Lipinski definition) is 1. The highest BCUT2D eigenvalue weighted by Crippen LogP contribution is 2.21. The summed E-state index contributed by atoms with van der Waals surface area (Å²) in [5.74, 6) is 0.549. The van der Waals surface area contributed by atoms with Crippen LogP contribution in [0.5, 0.6) is 0 Å². The van der Waals surface area contributed by atoms with E-state index in [0.29, 0.717) is 29.7 Å². The van der Waals surface area contributed by atoms with Crippen molar-refractivity contribution in [1.82, 2.24) is 9.88 Å². The van der Waals surface area contributed by atoms with Gasteiger partial charge < -0.3 is 15.0 Å². The first kappa shape index (κ1) is 16.0. The van der Waals surface area contributed by atoms with E-state index in [1.54, 1.807) is 17.0 Å². The minimum Gasteiger partial charge on any atom is -0.377 e. The first-order chi connectivity index (χ1) is 10.2. The van der Waals surface area contributed by atoms with E-state index in [9.17, 15) is 4.79 Å². The lowest BCUT2D eigenvalue weighted by Gasteiger charge is -2.32. The third-order valence-electron chi connectivity index (χ3n) is 3.47. The molecule has 116 valence electrons. The van der Waals surface area contributed by atoms with Crippen LogP contribution < -0.4 is 5.32 Å². The minimum atomic E-state index is -0.121. The lowest BCUT2D eigenvalue weighted by molar-refractivity contribution is 0.00704. The second kappa shape index (κ2) is 7.61. The van der Waals surface area contributed by atoms with Crippen molar-refractivity contribution in [2.24, 2.45) is 0 Å². The van der Waals surface area contributed by atoms with Crippen LogP contribution in [0.25, 0.3) is 0 Å². The number of anilines is 1. The zero-order valence-electron chi connectivity index (χ0n) is 12.6. The molecule has 1 fully saturated rings. The van der Waals surface area contributed by atoms with Crippen molar-refractivity contribution < 1.29 is 9.53 Å². The predicted molar refractivity (Wildman–Crippen MR) is 84.0 cm³/mol. The van der Waals surface area contributed by atoms with Gasteiger partial charge in [0.15, 0.2) is 0 Å². The van der Waals surface area contributed by atoms with Gasteiger partial charge in [-0.15, -0.1) is 0 Å². The van der Waals surface area contributed by atoms with Crippen LogP contribution in [0.3, 0.4) is 0 Å². The van der Waals surface area contributed by atoms with E-state index in [2.05, 4.69) is 10.3 Å². The summed E-state index contributed by atoms with van der Waals surface area (Å²) in [6.45, 7) is 6.70. The van der Waals surface area contributed by atoms with Crippen LogP contribution in [-0.2, 0) is 4.74 Å². The summed E-state index contributed by atoms with van der Waals surface area (Å²) in [4.78, 5) is 18.7. The van der Waals surface area contributed by atoms with E-state index >= 15 is 0 Å². The van der Waals surface area contributed by atoms with E-state index in [-0.39, 0.29) is 12.0 Å². The summed E-state index contributed by atoms with van der Waals surface area (Å²) in [6, 6.07) is 3.49. The quantitative estimate of drug-likeness (QED) is 0.908. The maximum absolute atomic E-state index is 12.6. The van der Waals surface area contributed by atoms with E-state index in [1.165, 1.54) is 0 Å². The molecule has 5 nitrogen and oxygen atoms in total. The highest BCUT2D eigenvalue weighted by atomic mass is 35.5. The van der Waals surface area contributed by atoms with Gasteiger partial charge in [0.05, 0.1) is 11.1 Å². The van der Waals surface area contributed by atoms with Gasteiger partial charge in [0, 0.05) is 26.2 Å². The van der Waals surface area contributed by atoms with Crippen LogP contribution in [0.1, 0.15) is 37.2 Å². The lowest BCUT2D eigenvalue weighted by atomic mass is 10.1. The molecule has 0 spiro atoms. The van der Waals surface area contributed by atoms with Crippen LogP contribution >= 0.6 is 11.6 Å². The molecule has 1 amide bonds. The van der Waals surface area contributed by atoms with Crippen LogP contribution in [0, 0.1) is 0 Å². The fourth-order valence-corrected chi connectivity index (χ4v) is 2.70. The number of carbonyl (C=O) groups excluding carboxylic acids is 1. The van der Waals surface area contributed by atoms with Gasteiger partial charge in [0.2, 0.25) is 0 Å². The number of halogens is 1. The predicted octanol–water partition coefficient (Wildman–Crippen LogP) is 2.81. The fourth-order valence-electron chi connectivity index (χ4n) is 2.52. The maximum atomic E-state index is 12.6. The van der Waals surface area contributed by atoms with Crippen molar-refractivity contribution in [3.05, 3.63) is 22.8 Å². The van der Waals surface area contributed by atoms with Gasteiger partial charge in [0.25, 0.3) is 5.91 Å². The van der Waals surface area contributed by atoms with E-state index < -0.39 is 0 Å². The molecule has 2 heterocycles. The number of aromatic nitrogens is 1. The zero-order chi connectivity index (χ0) is 15.2. The Morgan fingerprint density at radius 2 is 2.33 bits per heavy atom. The molecule has 1 aliphatic heterocycles. The average Bonchev–Trinajstić information content (AvgIpc) is 2.49. The highest BCUT2D eigenvalue weighted by molar-refractivity contribution is 6.33. The van der Waals surface area contributed by atoms with Crippen molar-refractivity contribution in [3.63, 3.8) is 0 Å². The molecule has 0 aromatic carbocycles. The molecule has 21 heavy (non-hydrogen) atoms. The molecule has 6 heteroatoms.